The van der Waals surface area contributed by atoms with Gasteiger partial charge in [-0.3, -0.25) is 10.1 Å². The highest BCUT2D eigenvalue weighted by Crippen LogP contribution is 2.44. The van der Waals surface area contributed by atoms with Crippen LogP contribution in [0.3, 0.4) is 0 Å². The van der Waals surface area contributed by atoms with Crippen LogP contribution in [0.2, 0.25) is 5.02 Å². The smallest absolute Gasteiger partial charge is 0.411 e. The Balaban J connectivity index is 1.47. The molecule has 2 amide bonds. The average molecular weight is 437 g/mol. The number of hydrogen-bond donors (Lipinski definition) is 2. The molecule has 0 aromatic carbocycles. The molecule has 1 atom stereocenters. The van der Waals surface area contributed by atoms with Crippen molar-refractivity contribution in [3.8, 4) is 0 Å². The summed E-state index contributed by atoms with van der Waals surface area (Å²) >= 11 is 6.47. The van der Waals surface area contributed by atoms with E-state index in [9.17, 15) is 14.7 Å². The van der Waals surface area contributed by atoms with Gasteiger partial charge in [-0.05, 0) is 51.0 Å². The molecule has 30 heavy (non-hydrogen) atoms. The van der Waals surface area contributed by atoms with Gasteiger partial charge in [0.1, 0.15) is 5.82 Å². The summed E-state index contributed by atoms with van der Waals surface area (Å²) in [6.45, 7) is 2.19. The molecule has 164 valence electrons. The van der Waals surface area contributed by atoms with Crippen molar-refractivity contribution in [2.24, 2.45) is 5.41 Å². The Morgan fingerprint density at radius 3 is 2.77 bits per heavy atom. The van der Waals surface area contributed by atoms with Crippen molar-refractivity contribution >= 4 is 35.1 Å². The zero-order chi connectivity index (χ0) is 21.3. The number of carbonyl (C=O) groups is 2. The molecule has 2 aliphatic heterocycles. The number of anilines is 2. The second-order valence-electron chi connectivity index (χ2n) is 8.66. The van der Waals surface area contributed by atoms with Gasteiger partial charge in [-0.2, -0.15) is 0 Å². The lowest BCUT2D eigenvalue weighted by Crippen LogP contribution is -2.50. The first-order chi connectivity index (χ1) is 14.4. The summed E-state index contributed by atoms with van der Waals surface area (Å²) in [6.07, 6.45) is 6.71. The molecule has 0 bridgehead atoms. The zero-order valence-corrected chi connectivity index (χ0v) is 18.0. The molecule has 1 saturated carbocycles. The van der Waals surface area contributed by atoms with Crippen molar-refractivity contribution in [2.45, 2.75) is 57.1 Å². The minimum absolute atomic E-state index is 0.219. The molecule has 1 aromatic rings. The van der Waals surface area contributed by atoms with Crippen molar-refractivity contribution in [2.75, 3.05) is 37.0 Å². The number of aliphatic hydroxyl groups is 1. The minimum atomic E-state index is -0.579. The number of halogens is 1. The van der Waals surface area contributed by atoms with Crippen LogP contribution in [0.15, 0.2) is 12.3 Å². The molecule has 8 nitrogen and oxygen atoms in total. The molecule has 1 aliphatic carbocycles. The predicted octanol–water partition coefficient (Wildman–Crippen LogP) is 3.04. The molecular weight excluding hydrogens is 408 g/mol. The number of likely N-dealkylation sites (tertiary alicyclic amines) is 1. The van der Waals surface area contributed by atoms with E-state index in [-0.39, 0.29) is 23.5 Å². The maximum absolute atomic E-state index is 13.5. The van der Waals surface area contributed by atoms with Crippen molar-refractivity contribution in [3.05, 3.63) is 17.3 Å². The molecule has 1 unspecified atom stereocenters. The molecule has 3 aliphatic rings. The number of ether oxygens (including phenoxy) is 1. The highest BCUT2D eigenvalue weighted by atomic mass is 35.5. The topological polar surface area (TPSA) is 95.0 Å². The lowest BCUT2D eigenvalue weighted by atomic mass is 9.78. The Labute approximate surface area is 181 Å². The molecule has 9 heteroatoms. The van der Waals surface area contributed by atoms with E-state index in [1.807, 2.05) is 0 Å². The van der Waals surface area contributed by atoms with E-state index in [1.165, 1.54) is 7.11 Å². The summed E-state index contributed by atoms with van der Waals surface area (Å²) in [6, 6.07) is 1.90. The van der Waals surface area contributed by atoms with Gasteiger partial charge in [0.25, 0.3) is 0 Å². The fourth-order valence-corrected chi connectivity index (χ4v) is 5.44. The third-order valence-electron chi connectivity index (χ3n) is 6.78. The molecule has 4 rings (SSSR count). The first kappa shape index (κ1) is 21.2. The van der Waals surface area contributed by atoms with Crippen LogP contribution in [0.4, 0.5) is 16.3 Å². The second-order valence-corrected chi connectivity index (χ2v) is 9.07. The van der Waals surface area contributed by atoms with Gasteiger partial charge in [0.2, 0.25) is 5.91 Å². The second kappa shape index (κ2) is 8.59. The van der Waals surface area contributed by atoms with Crippen LogP contribution in [0.1, 0.15) is 44.9 Å². The van der Waals surface area contributed by atoms with Crippen LogP contribution < -0.4 is 10.2 Å². The Bertz CT molecular complexity index is 814. The highest BCUT2D eigenvalue weighted by molar-refractivity contribution is 6.33. The molecule has 3 fully saturated rings. The number of aliphatic hydroxyl groups excluding tert-OH is 1. The summed E-state index contributed by atoms with van der Waals surface area (Å²) < 4.78 is 4.59. The summed E-state index contributed by atoms with van der Waals surface area (Å²) in [5.41, 5.74) is 0.0762. The molecule has 2 N–H and O–H groups in total. The van der Waals surface area contributed by atoms with E-state index in [0.717, 1.165) is 58.0 Å². The van der Waals surface area contributed by atoms with E-state index in [4.69, 9.17) is 11.6 Å². The molecule has 0 radical (unpaired) electrons. The van der Waals surface area contributed by atoms with Crippen molar-refractivity contribution in [3.63, 3.8) is 0 Å². The Hall–Kier alpha value is -2.06. The van der Waals surface area contributed by atoms with E-state index in [2.05, 4.69) is 24.8 Å². The van der Waals surface area contributed by atoms with Crippen LogP contribution >= 0.6 is 11.6 Å². The fraction of sp³-hybridized carbons (Fsp3) is 0.667. The lowest BCUT2D eigenvalue weighted by molar-refractivity contribution is -0.139. The SMILES string of the molecule is COC(=O)Nc1cnc(N2CCCC3(CCN(C4CCC(O)CC4)C3=O)C2)c(Cl)c1. The van der Waals surface area contributed by atoms with Crippen molar-refractivity contribution in [1.29, 1.82) is 0 Å². The van der Waals surface area contributed by atoms with Crippen molar-refractivity contribution in [1.82, 2.24) is 9.88 Å². The predicted molar refractivity (Wildman–Crippen MR) is 114 cm³/mol. The summed E-state index contributed by atoms with van der Waals surface area (Å²) in [4.78, 5) is 33.5. The average Bonchev–Trinajstić information content (AvgIpc) is 3.04. The number of piperidine rings is 1. The van der Waals surface area contributed by atoms with E-state index in [0.29, 0.717) is 23.1 Å². The number of amides is 2. The Morgan fingerprint density at radius 1 is 1.30 bits per heavy atom. The van der Waals surface area contributed by atoms with Gasteiger partial charge in [0.15, 0.2) is 0 Å². The summed E-state index contributed by atoms with van der Waals surface area (Å²) in [5, 5.41) is 12.8. The monoisotopic (exact) mass is 436 g/mol. The number of methoxy groups -OCH3 is 1. The number of hydrogen-bond acceptors (Lipinski definition) is 6. The molecule has 2 saturated heterocycles. The highest BCUT2D eigenvalue weighted by Gasteiger charge is 2.51. The number of rotatable bonds is 3. The Morgan fingerprint density at radius 2 is 2.07 bits per heavy atom. The van der Waals surface area contributed by atoms with E-state index < -0.39 is 6.09 Å². The van der Waals surface area contributed by atoms with Gasteiger partial charge >= 0.3 is 6.09 Å². The fourth-order valence-electron chi connectivity index (χ4n) is 5.16. The summed E-state index contributed by atoms with van der Waals surface area (Å²) in [7, 11) is 1.29. The number of nitrogens with zero attached hydrogens (tertiary/aromatic N) is 3. The Kier molecular flexibility index (Phi) is 6.06. The lowest BCUT2D eigenvalue weighted by Gasteiger charge is -2.41. The molecule has 1 aromatic heterocycles. The van der Waals surface area contributed by atoms with Gasteiger partial charge in [0, 0.05) is 25.7 Å². The largest absolute Gasteiger partial charge is 0.453 e. The maximum Gasteiger partial charge on any atom is 0.411 e. The first-order valence-corrected chi connectivity index (χ1v) is 11.0. The first-order valence-electron chi connectivity index (χ1n) is 10.7. The van der Waals surface area contributed by atoms with Gasteiger partial charge in [0.05, 0.1) is 35.5 Å². The van der Waals surface area contributed by atoms with Crippen LogP contribution in [0.5, 0.6) is 0 Å². The van der Waals surface area contributed by atoms with Crippen molar-refractivity contribution < 1.29 is 19.4 Å². The van der Waals surface area contributed by atoms with Gasteiger partial charge in [-0.15, -0.1) is 0 Å². The number of pyridine rings is 1. The number of nitrogens with one attached hydrogen (secondary N) is 1. The van der Waals surface area contributed by atoms with Crippen LogP contribution in [-0.2, 0) is 9.53 Å². The minimum Gasteiger partial charge on any atom is -0.453 e. The van der Waals surface area contributed by atoms with Gasteiger partial charge in [-0.25, -0.2) is 9.78 Å². The molecular formula is C21H29ClN4O4. The third kappa shape index (κ3) is 4.07. The third-order valence-corrected chi connectivity index (χ3v) is 7.06. The summed E-state index contributed by atoms with van der Waals surface area (Å²) in [5.74, 6) is 0.881. The number of aromatic nitrogens is 1. The van der Waals surface area contributed by atoms with Crippen LogP contribution in [0, 0.1) is 5.41 Å². The van der Waals surface area contributed by atoms with Gasteiger partial charge in [-0.1, -0.05) is 11.6 Å². The quantitative estimate of drug-likeness (QED) is 0.756. The maximum atomic E-state index is 13.5. The van der Waals surface area contributed by atoms with Crippen LogP contribution in [0.25, 0.3) is 0 Å². The standard InChI is InChI=1S/C21H29ClN4O4/c1-30-20(29)24-14-11-17(22)18(23-12-14)25-9-2-7-21(13-25)8-10-26(19(21)28)15-3-5-16(27)6-4-15/h11-12,15-16,27H,2-10,13H2,1H3,(H,24,29). The number of carbonyl (C=O) groups excluding carboxylic acids is 2. The van der Waals surface area contributed by atoms with Gasteiger partial charge < -0.3 is 19.6 Å². The zero-order valence-electron chi connectivity index (χ0n) is 17.3. The molecule has 1 spiro atoms. The molecule has 3 heterocycles. The normalized spacial score (nSPS) is 29.4. The van der Waals surface area contributed by atoms with E-state index in [1.54, 1.807) is 12.3 Å². The van der Waals surface area contributed by atoms with E-state index >= 15 is 0 Å². The van der Waals surface area contributed by atoms with Crippen LogP contribution in [-0.4, -0.2) is 65.9 Å².